The number of benzene rings is 2. The molecule has 0 aliphatic rings. The highest BCUT2D eigenvalue weighted by Gasteiger charge is 2.11. The van der Waals surface area contributed by atoms with Gasteiger partial charge in [-0.3, -0.25) is 9.36 Å². The Labute approximate surface area is 158 Å². The first-order chi connectivity index (χ1) is 12.6. The van der Waals surface area contributed by atoms with E-state index >= 15 is 0 Å². The Balaban J connectivity index is 1.75. The number of rotatable bonds is 6. The Hall–Kier alpha value is -2.51. The van der Waals surface area contributed by atoms with Crippen molar-refractivity contribution in [3.8, 4) is 5.88 Å². The van der Waals surface area contributed by atoms with E-state index in [1.807, 2.05) is 24.3 Å². The molecule has 1 heterocycles. The van der Waals surface area contributed by atoms with E-state index in [4.69, 9.17) is 10.5 Å². The number of nitrogens with zero attached hydrogens (tertiary/aromatic N) is 2. The molecule has 0 saturated carbocycles. The first kappa shape index (κ1) is 18.3. The zero-order valence-electron chi connectivity index (χ0n) is 13.9. The Morgan fingerprint density at radius 2 is 1.85 bits per heavy atom. The maximum Gasteiger partial charge on any atom is 0.271 e. The van der Waals surface area contributed by atoms with Crippen molar-refractivity contribution in [2.75, 3.05) is 0 Å². The van der Waals surface area contributed by atoms with E-state index in [1.165, 1.54) is 23.0 Å². The second-order valence-corrected chi connectivity index (χ2v) is 6.53. The average molecular weight is 418 g/mol. The van der Waals surface area contributed by atoms with Gasteiger partial charge in [0, 0.05) is 6.54 Å². The third kappa shape index (κ3) is 4.36. The van der Waals surface area contributed by atoms with Crippen molar-refractivity contribution >= 4 is 15.9 Å². The lowest BCUT2D eigenvalue weighted by Gasteiger charge is -2.11. The zero-order valence-corrected chi connectivity index (χ0v) is 15.4. The molecule has 2 aromatic carbocycles. The van der Waals surface area contributed by atoms with E-state index in [2.05, 4.69) is 20.9 Å². The van der Waals surface area contributed by atoms with Gasteiger partial charge in [0.15, 0.2) is 0 Å². The molecule has 3 aromatic rings. The Morgan fingerprint density at radius 1 is 1.12 bits per heavy atom. The van der Waals surface area contributed by atoms with Crippen molar-refractivity contribution < 1.29 is 9.13 Å². The van der Waals surface area contributed by atoms with Crippen LogP contribution in [0.1, 0.15) is 16.7 Å². The topological polar surface area (TPSA) is 70.1 Å². The van der Waals surface area contributed by atoms with Crippen LogP contribution < -0.4 is 16.0 Å². The summed E-state index contributed by atoms with van der Waals surface area (Å²) in [5.74, 6) is -0.111. The molecule has 0 bridgehead atoms. The predicted octanol–water partition coefficient (Wildman–Crippen LogP) is 3.23. The minimum Gasteiger partial charge on any atom is -0.472 e. The molecule has 26 heavy (non-hydrogen) atoms. The summed E-state index contributed by atoms with van der Waals surface area (Å²) < 4.78 is 20.2. The van der Waals surface area contributed by atoms with Crippen molar-refractivity contribution in [1.82, 2.24) is 9.55 Å². The fourth-order valence-corrected chi connectivity index (χ4v) is 2.89. The molecule has 134 valence electrons. The van der Waals surface area contributed by atoms with Gasteiger partial charge in [0.2, 0.25) is 5.88 Å². The van der Waals surface area contributed by atoms with Crippen molar-refractivity contribution in [1.29, 1.82) is 0 Å². The predicted molar refractivity (Wildman–Crippen MR) is 100 cm³/mol. The minimum atomic E-state index is -0.311. The van der Waals surface area contributed by atoms with Crippen LogP contribution in [0.3, 0.4) is 0 Å². The summed E-state index contributed by atoms with van der Waals surface area (Å²) in [6.07, 6.45) is 1.45. The number of halogens is 2. The summed E-state index contributed by atoms with van der Waals surface area (Å²) in [4.78, 5) is 16.7. The Morgan fingerprint density at radius 3 is 2.58 bits per heavy atom. The first-order valence-electron chi connectivity index (χ1n) is 7.97. The van der Waals surface area contributed by atoms with Crippen LogP contribution in [0.4, 0.5) is 4.39 Å². The van der Waals surface area contributed by atoms with Gasteiger partial charge < -0.3 is 10.5 Å². The number of hydrogen-bond acceptors (Lipinski definition) is 4. The molecule has 0 aliphatic carbocycles. The van der Waals surface area contributed by atoms with E-state index in [1.54, 1.807) is 12.1 Å². The molecule has 7 heteroatoms. The van der Waals surface area contributed by atoms with Gasteiger partial charge in [-0.2, -0.15) is 0 Å². The second-order valence-electron chi connectivity index (χ2n) is 5.74. The highest BCUT2D eigenvalue weighted by molar-refractivity contribution is 9.10. The van der Waals surface area contributed by atoms with E-state index in [-0.39, 0.29) is 28.3 Å². The summed E-state index contributed by atoms with van der Waals surface area (Å²) in [6.45, 7) is 1.02. The molecule has 0 radical (unpaired) electrons. The molecular formula is C19H17BrFN3O2. The summed E-state index contributed by atoms with van der Waals surface area (Å²) in [7, 11) is 0. The van der Waals surface area contributed by atoms with Gasteiger partial charge in [-0.15, -0.1) is 0 Å². The molecule has 0 amide bonds. The SMILES string of the molecule is NCc1cccc(Cn2cnc(OCc3ccc(F)cc3)c(Br)c2=O)c1. The van der Waals surface area contributed by atoms with Crippen molar-refractivity contribution in [2.45, 2.75) is 19.7 Å². The van der Waals surface area contributed by atoms with Crippen molar-refractivity contribution in [3.05, 3.63) is 92.2 Å². The standard InChI is InChI=1S/C19H17BrFN3O2/c20-17-18(26-11-13-4-6-16(21)7-5-13)23-12-24(19(17)25)10-15-3-1-2-14(8-15)9-22/h1-8,12H,9-11,22H2. The molecule has 0 saturated heterocycles. The average Bonchev–Trinajstić information content (AvgIpc) is 2.66. The number of aromatic nitrogens is 2. The number of ether oxygens (including phenoxy) is 1. The largest absolute Gasteiger partial charge is 0.472 e. The smallest absolute Gasteiger partial charge is 0.271 e. The van der Waals surface area contributed by atoms with Gasteiger partial charge in [-0.25, -0.2) is 9.37 Å². The van der Waals surface area contributed by atoms with Crippen LogP contribution >= 0.6 is 15.9 Å². The number of hydrogen-bond donors (Lipinski definition) is 1. The van der Waals surface area contributed by atoms with Crippen LogP contribution in [-0.2, 0) is 19.7 Å². The molecule has 1 aromatic heterocycles. The minimum absolute atomic E-state index is 0.188. The van der Waals surface area contributed by atoms with Crippen molar-refractivity contribution in [3.63, 3.8) is 0 Å². The van der Waals surface area contributed by atoms with Gasteiger partial charge >= 0.3 is 0 Å². The Bertz CT molecular complexity index is 958. The third-order valence-corrected chi connectivity index (χ3v) is 4.50. The second kappa shape index (κ2) is 8.25. The van der Waals surface area contributed by atoms with Crippen LogP contribution in [0.25, 0.3) is 0 Å². The van der Waals surface area contributed by atoms with Crippen molar-refractivity contribution in [2.24, 2.45) is 5.73 Å². The monoisotopic (exact) mass is 417 g/mol. The van der Waals surface area contributed by atoms with E-state index in [0.29, 0.717) is 13.1 Å². The van der Waals surface area contributed by atoms with Gasteiger partial charge in [-0.05, 0) is 44.8 Å². The van der Waals surface area contributed by atoms with E-state index in [9.17, 15) is 9.18 Å². The van der Waals surface area contributed by atoms with E-state index in [0.717, 1.165) is 16.7 Å². The van der Waals surface area contributed by atoms with Crippen LogP contribution in [0.2, 0.25) is 0 Å². The third-order valence-electron chi connectivity index (χ3n) is 3.82. The van der Waals surface area contributed by atoms with Gasteiger partial charge in [0.1, 0.15) is 23.2 Å². The summed E-state index contributed by atoms with van der Waals surface area (Å²) in [6, 6.07) is 13.7. The lowest BCUT2D eigenvalue weighted by molar-refractivity contribution is 0.289. The quantitative estimate of drug-likeness (QED) is 0.668. The van der Waals surface area contributed by atoms with Gasteiger partial charge in [0.05, 0.1) is 6.54 Å². The highest BCUT2D eigenvalue weighted by atomic mass is 79.9. The molecular weight excluding hydrogens is 401 g/mol. The fraction of sp³-hybridized carbons (Fsp3) is 0.158. The zero-order chi connectivity index (χ0) is 18.5. The van der Waals surface area contributed by atoms with Crippen LogP contribution in [-0.4, -0.2) is 9.55 Å². The maximum absolute atomic E-state index is 12.9. The molecule has 0 aliphatic heterocycles. The molecule has 0 unspecified atom stereocenters. The van der Waals surface area contributed by atoms with Gasteiger partial charge in [-0.1, -0.05) is 36.4 Å². The summed E-state index contributed by atoms with van der Waals surface area (Å²) >= 11 is 3.26. The normalized spacial score (nSPS) is 10.7. The maximum atomic E-state index is 12.9. The lowest BCUT2D eigenvalue weighted by Crippen LogP contribution is -2.22. The van der Waals surface area contributed by atoms with Crippen LogP contribution in [0.15, 0.2) is 64.1 Å². The van der Waals surface area contributed by atoms with Crippen LogP contribution in [0, 0.1) is 5.82 Å². The molecule has 5 nitrogen and oxygen atoms in total. The highest BCUT2D eigenvalue weighted by Crippen LogP contribution is 2.19. The van der Waals surface area contributed by atoms with E-state index < -0.39 is 0 Å². The lowest BCUT2D eigenvalue weighted by atomic mass is 10.1. The molecule has 0 spiro atoms. The molecule has 0 fully saturated rings. The number of nitrogens with two attached hydrogens (primary N) is 1. The molecule has 0 atom stereocenters. The van der Waals surface area contributed by atoms with Gasteiger partial charge in [0.25, 0.3) is 5.56 Å². The summed E-state index contributed by atoms with van der Waals surface area (Å²) in [5, 5.41) is 0. The fourth-order valence-electron chi connectivity index (χ4n) is 2.45. The molecule has 3 rings (SSSR count). The summed E-state index contributed by atoms with van der Waals surface area (Å²) in [5.41, 5.74) is 8.15. The molecule has 2 N–H and O–H groups in total. The van der Waals surface area contributed by atoms with Crippen LogP contribution in [0.5, 0.6) is 5.88 Å². The Kier molecular flexibility index (Phi) is 5.80. The first-order valence-corrected chi connectivity index (χ1v) is 8.76.